The van der Waals surface area contributed by atoms with Crippen LogP contribution in [-0.2, 0) is 9.53 Å². The van der Waals surface area contributed by atoms with Gasteiger partial charge in [0.05, 0.1) is 11.1 Å². The second-order valence-electron chi connectivity index (χ2n) is 6.46. The lowest BCUT2D eigenvalue weighted by atomic mass is 9.89. The summed E-state index contributed by atoms with van der Waals surface area (Å²) in [5.74, 6) is -1.28. The highest BCUT2D eigenvalue weighted by molar-refractivity contribution is 6.21. The number of ether oxygens (including phenoxy) is 1. The Kier molecular flexibility index (Phi) is 3.92. The molecule has 2 heterocycles. The molecule has 0 N–H and O–H groups in total. The van der Waals surface area contributed by atoms with Crippen LogP contribution in [0.25, 0.3) is 0 Å². The summed E-state index contributed by atoms with van der Waals surface area (Å²) >= 11 is 0. The molecule has 0 aromatic heterocycles. The molecule has 0 saturated carbocycles. The summed E-state index contributed by atoms with van der Waals surface area (Å²) in [6.07, 6.45) is -0.0123. The minimum Gasteiger partial charge on any atom is -0.453 e. The van der Waals surface area contributed by atoms with E-state index in [9.17, 15) is 14.4 Å². The minimum absolute atomic E-state index is 0.218. The highest BCUT2D eigenvalue weighted by atomic mass is 16.6. The molecule has 2 aromatic carbocycles. The van der Waals surface area contributed by atoms with Crippen molar-refractivity contribution in [3.63, 3.8) is 0 Å². The molecule has 2 aliphatic heterocycles. The molecule has 0 unspecified atom stereocenters. The first kappa shape index (κ1) is 16.3. The molecule has 130 valence electrons. The zero-order chi connectivity index (χ0) is 18.3. The van der Waals surface area contributed by atoms with Crippen molar-refractivity contribution >= 4 is 17.8 Å². The van der Waals surface area contributed by atoms with Gasteiger partial charge in [0.15, 0.2) is 0 Å². The van der Waals surface area contributed by atoms with Gasteiger partial charge in [-0.3, -0.25) is 14.5 Å². The largest absolute Gasteiger partial charge is 0.453 e. The van der Waals surface area contributed by atoms with Crippen molar-refractivity contribution < 1.29 is 19.1 Å². The number of cyclic esters (lactones) is 1. The fourth-order valence-corrected chi connectivity index (χ4v) is 3.59. The maximum absolute atomic E-state index is 12.5. The molecule has 0 radical (unpaired) electrons. The second kappa shape index (κ2) is 6.26. The zero-order valence-corrected chi connectivity index (χ0v) is 14.1. The van der Waals surface area contributed by atoms with Gasteiger partial charge >= 0.3 is 5.97 Å². The molecular weight excluding hydrogens is 330 g/mol. The molecule has 1 saturated heterocycles. The Labute approximate surface area is 150 Å². The second-order valence-corrected chi connectivity index (χ2v) is 6.46. The summed E-state index contributed by atoms with van der Waals surface area (Å²) < 4.78 is 5.48. The Bertz CT molecular complexity index is 884. The van der Waals surface area contributed by atoms with Crippen LogP contribution in [0.4, 0.5) is 0 Å². The standard InChI is InChI=1S/C21H17NO4/c1-13-15(18(26-21(13)25)14-7-3-2-4-8-14)11-12-22-19(23)16-9-5-6-10-17(16)20(22)24/h2-10,15,18H,1,11-12H2/t15-,18-/m1/s1. The van der Waals surface area contributed by atoms with Gasteiger partial charge in [0.25, 0.3) is 11.8 Å². The number of esters is 1. The van der Waals surface area contributed by atoms with Gasteiger partial charge in [-0.05, 0) is 24.1 Å². The average Bonchev–Trinajstić information content (AvgIpc) is 3.09. The lowest BCUT2D eigenvalue weighted by Gasteiger charge is -2.21. The molecule has 2 atom stereocenters. The number of benzene rings is 2. The van der Waals surface area contributed by atoms with E-state index in [1.54, 1.807) is 24.3 Å². The summed E-state index contributed by atoms with van der Waals surface area (Å²) in [6, 6.07) is 16.2. The van der Waals surface area contributed by atoms with Crippen LogP contribution < -0.4 is 0 Å². The van der Waals surface area contributed by atoms with E-state index >= 15 is 0 Å². The predicted molar refractivity (Wildman–Crippen MR) is 94.3 cm³/mol. The highest BCUT2D eigenvalue weighted by Gasteiger charge is 2.41. The van der Waals surface area contributed by atoms with Gasteiger partial charge in [0, 0.05) is 18.0 Å². The van der Waals surface area contributed by atoms with E-state index < -0.39 is 12.1 Å². The molecule has 1 fully saturated rings. The quantitative estimate of drug-likeness (QED) is 0.484. The van der Waals surface area contributed by atoms with E-state index in [0.717, 1.165) is 5.56 Å². The first-order chi connectivity index (χ1) is 12.6. The average molecular weight is 347 g/mol. The van der Waals surface area contributed by atoms with E-state index in [4.69, 9.17) is 4.74 Å². The summed E-state index contributed by atoms with van der Waals surface area (Å²) in [6.45, 7) is 4.07. The monoisotopic (exact) mass is 347 g/mol. The number of amides is 2. The Morgan fingerprint density at radius 2 is 1.46 bits per heavy atom. The molecule has 4 rings (SSSR count). The number of hydrogen-bond donors (Lipinski definition) is 0. The Morgan fingerprint density at radius 3 is 2.08 bits per heavy atom. The van der Waals surface area contributed by atoms with E-state index in [-0.39, 0.29) is 24.3 Å². The van der Waals surface area contributed by atoms with Crippen LogP contribution in [-0.4, -0.2) is 29.2 Å². The van der Waals surface area contributed by atoms with Crippen LogP contribution >= 0.6 is 0 Å². The SMILES string of the molecule is C=C1C(=O)O[C@H](c2ccccc2)[C@@H]1CCN1C(=O)c2ccccc2C1=O. The van der Waals surface area contributed by atoms with Crippen molar-refractivity contribution in [1.82, 2.24) is 4.90 Å². The van der Waals surface area contributed by atoms with Crippen LogP contribution in [0.1, 0.15) is 38.8 Å². The van der Waals surface area contributed by atoms with E-state index in [0.29, 0.717) is 23.1 Å². The number of carbonyl (C=O) groups excluding carboxylic acids is 3. The van der Waals surface area contributed by atoms with Crippen LogP contribution in [0.5, 0.6) is 0 Å². The van der Waals surface area contributed by atoms with Crippen molar-refractivity contribution in [2.45, 2.75) is 12.5 Å². The molecule has 5 nitrogen and oxygen atoms in total. The molecule has 2 amide bonds. The summed E-state index contributed by atoms with van der Waals surface area (Å²) in [4.78, 5) is 38.2. The summed E-state index contributed by atoms with van der Waals surface area (Å²) in [7, 11) is 0. The van der Waals surface area contributed by atoms with Gasteiger partial charge in [-0.2, -0.15) is 0 Å². The predicted octanol–water partition coefficient (Wildman–Crippen LogP) is 3.14. The van der Waals surface area contributed by atoms with Gasteiger partial charge in [-0.25, -0.2) is 4.79 Å². The van der Waals surface area contributed by atoms with Gasteiger partial charge in [0.1, 0.15) is 6.10 Å². The Hall–Kier alpha value is -3.21. The molecular formula is C21H17NO4. The first-order valence-corrected chi connectivity index (χ1v) is 8.48. The third kappa shape index (κ3) is 2.52. The molecule has 2 aromatic rings. The third-order valence-electron chi connectivity index (χ3n) is 4.98. The highest BCUT2D eigenvalue weighted by Crippen LogP contribution is 2.40. The fraction of sp³-hybridized carbons (Fsp3) is 0.190. The van der Waals surface area contributed by atoms with Crippen molar-refractivity contribution in [2.24, 2.45) is 5.92 Å². The summed E-state index contributed by atoms with van der Waals surface area (Å²) in [5.41, 5.74) is 2.12. The minimum atomic E-state index is -0.439. The molecule has 2 aliphatic rings. The van der Waals surface area contributed by atoms with Crippen molar-refractivity contribution in [1.29, 1.82) is 0 Å². The zero-order valence-electron chi connectivity index (χ0n) is 14.1. The van der Waals surface area contributed by atoms with Crippen LogP contribution in [0.15, 0.2) is 66.7 Å². The Morgan fingerprint density at radius 1 is 0.885 bits per heavy atom. The maximum Gasteiger partial charge on any atom is 0.334 e. The molecule has 0 spiro atoms. The number of fused-ring (bicyclic) bond motifs is 1. The van der Waals surface area contributed by atoms with Crippen LogP contribution in [0.3, 0.4) is 0 Å². The molecule has 0 aliphatic carbocycles. The van der Waals surface area contributed by atoms with Gasteiger partial charge in [-0.1, -0.05) is 49.0 Å². The number of imide groups is 1. The van der Waals surface area contributed by atoms with Gasteiger partial charge in [0.2, 0.25) is 0 Å². The molecule has 0 bridgehead atoms. The number of rotatable bonds is 4. The van der Waals surface area contributed by atoms with Gasteiger partial charge < -0.3 is 4.74 Å². The topological polar surface area (TPSA) is 63.7 Å². The first-order valence-electron chi connectivity index (χ1n) is 8.48. The van der Waals surface area contributed by atoms with Gasteiger partial charge in [-0.15, -0.1) is 0 Å². The third-order valence-corrected chi connectivity index (χ3v) is 4.98. The number of hydrogen-bond acceptors (Lipinski definition) is 4. The number of carbonyl (C=O) groups is 3. The lowest BCUT2D eigenvalue weighted by molar-refractivity contribution is -0.139. The maximum atomic E-state index is 12.5. The van der Waals surface area contributed by atoms with Crippen molar-refractivity contribution in [3.05, 3.63) is 83.4 Å². The lowest BCUT2D eigenvalue weighted by Crippen LogP contribution is -2.32. The van der Waals surface area contributed by atoms with Crippen LogP contribution in [0, 0.1) is 5.92 Å². The Balaban J connectivity index is 1.53. The number of nitrogens with zero attached hydrogens (tertiary/aromatic N) is 1. The molecule has 5 heteroatoms. The smallest absolute Gasteiger partial charge is 0.334 e. The van der Waals surface area contributed by atoms with E-state index in [1.807, 2.05) is 30.3 Å². The van der Waals surface area contributed by atoms with Crippen molar-refractivity contribution in [3.8, 4) is 0 Å². The normalized spacial score (nSPS) is 21.9. The van der Waals surface area contributed by atoms with Crippen LogP contribution in [0.2, 0.25) is 0 Å². The van der Waals surface area contributed by atoms with E-state index in [2.05, 4.69) is 6.58 Å². The molecule has 26 heavy (non-hydrogen) atoms. The van der Waals surface area contributed by atoms with E-state index in [1.165, 1.54) is 4.90 Å². The summed E-state index contributed by atoms with van der Waals surface area (Å²) in [5, 5.41) is 0. The van der Waals surface area contributed by atoms with Crippen molar-refractivity contribution in [2.75, 3.05) is 6.54 Å². The fourth-order valence-electron chi connectivity index (χ4n) is 3.59.